The monoisotopic (exact) mass is 370 g/mol. The Morgan fingerprint density at radius 1 is 1.30 bits per heavy atom. The molecule has 0 atom stereocenters. The Kier molecular flexibility index (Phi) is 6.24. The van der Waals surface area contributed by atoms with E-state index in [4.69, 9.17) is 4.74 Å². The molecule has 0 aliphatic carbocycles. The number of hydrogen-bond donors (Lipinski definition) is 1. The molecule has 0 spiro atoms. The number of nitrogens with one attached hydrogen (secondary N) is 1. The van der Waals surface area contributed by atoms with Gasteiger partial charge in [-0.2, -0.15) is 0 Å². The summed E-state index contributed by atoms with van der Waals surface area (Å²) in [6, 6.07) is 10.00. The van der Waals surface area contributed by atoms with Gasteiger partial charge >= 0.3 is 0 Å². The number of piperidine rings is 1. The standard InChI is InChI=1S/C20H26N4O3/c1-15-11-20(22-13-19(15)24(25)26)21-12-16-7-9-23(10-8-16)14-17-3-5-18(27-2)6-4-17/h3-6,11,13,16H,7-10,12,14H2,1-2H3,(H,21,22). The third-order valence-corrected chi connectivity index (χ3v) is 5.12. The van der Waals surface area contributed by atoms with Gasteiger partial charge in [0, 0.05) is 18.7 Å². The fourth-order valence-corrected chi connectivity index (χ4v) is 3.42. The van der Waals surface area contributed by atoms with E-state index in [0.29, 0.717) is 17.3 Å². The van der Waals surface area contributed by atoms with Crippen molar-refractivity contribution in [1.82, 2.24) is 9.88 Å². The first kappa shape index (κ1) is 19.1. The number of likely N-dealkylation sites (tertiary alicyclic amines) is 1. The molecule has 0 radical (unpaired) electrons. The summed E-state index contributed by atoms with van der Waals surface area (Å²) in [5.74, 6) is 2.19. The minimum absolute atomic E-state index is 0.0624. The van der Waals surface area contributed by atoms with Crippen LogP contribution in [0.1, 0.15) is 24.0 Å². The lowest BCUT2D eigenvalue weighted by Gasteiger charge is -2.32. The first-order chi connectivity index (χ1) is 13.0. The largest absolute Gasteiger partial charge is 0.497 e. The smallest absolute Gasteiger partial charge is 0.290 e. The van der Waals surface area contributed by atoms with Crippen molar-refractivity contribution in [3.63, 3.8) is 0 Å². The average Bonchev–Trinajstić information content (AvgIpc) is 2.68. The molecule has 2 heterocycles. The van der Waals surface area contributed by atoms with Gasteiger partial charge in [0.15, 0.2) is 0 Å². The maximum Gasteiger partial charge on any atom is 0.290 e. The summed E-state index contributed by atoms with van der Waals surface area (Å²) in [5, 5.41) is 14.2. The van der Waals surface area contributed by atoms with E-state index in [2.05, 4.69) is 27.3 Å². The van der Waals surface area contributed by atoms with Gasteiger partial charge in [0.2, 0.25) is 0 Å². The van der Waals surface area contributed by atoms with Crippen LogP contribution in [0.3, 0.4) is 0 Å². The van der Waals surface area contributed by atoms with Gasteiger partial charge in [0.1, 0.15) is 17.8 Å². The van der Waals surface area contributed by atoms with Crippen molar-refractivity contribution in [2.24, 2.45) is 5.92 Å². The molecule has 1 aliphatic rings. The number of rotatable bonds is 7. The Labute approximate surface area is 159 Å². The van der Waals surface area contributed by atoms with Crippen LogP contribution >= 0.6 is 0 Å². The van der Waals surface area contributed by atoms with E-state index in [1.807, 2.05) is 12.1 Å². The molecule has 7 nitrogen and oxygen atoms in total. The van der Waals surface area contributed by atoms with Gasteiger partial charge in [-0.15, -0.1) is 0 Å². The van der Waals surface area contributed by atoms with Crippen LogP contribution in [-0.4, -0.2) is 41.6 Å². The molecule has 1 aromatic heterocycles. The van der Waals surface area contributed by atoms with Crippen LogP contribution in [0.25, 0.3) is 0 Å². The molecule has 0 bridgehead atoms. The van der Waals surface area contributed by atoms with Crippen molar-refractivity contribution in [3.05, 3.63) is 57.8 Å². The normalized spacial score (nSPS) is 15.5. The number of methoxy groups -OCH3 is 1. The topological polar surface area (TPSA) is 80.5 Å². The number of hydrogen-bond acceptors (Lipinski definition) is 6. The fraction of sp³-hybridized carbons (Fsp3) is 0.450. The summed E-state index contributed by atoms with van der Waals surface area (Å²) in [6.45, 7) is 5.70. The SMILES string of the molecule is COc1ccc(CN2CCC(CNc3cc(C)c([N+](=O)[O-])cn3)CC2)cc1. The van der Waals surface area contributed by atoms with E-state index in [1.54, 1.807) is 20.1 Å². The van der Waals surface area contributed by atoms with Crippen LogP contribution in [-0.2, 0) is 6.54 Å². The highest BCUT2D eigenvalue weighted by atomic mass is 16.6. The van der Waals surface area contributed by atoms with Crippen LogP contribution in [0.2, 0.25) is 0 Å². The van der Waals surface area contributed by atoms with Crippen molar-refractivity contribution in [2.75, 3.05) is 32.1 Å². The van der Waals surface area contributed by atoms with Gasteiger partial charge < -0.3 is 10.1 Å². The number of nitrogens with zero attached hydrogens (tertiary/aromatic N) is 3. The number of benzene rings is 1. The third kappa shape index (κ3) is 5.17. The van der Waals surface area contributed by atoms with Crippen molar-refractivity contribution in [2.45, 2.75) is 26.3 Å². The van der Waals surface area contributed by atoms with Gasteiger partial charge in [-0.05, 0) is 62.5 Å². The molecule has 7 heteroatoms. The predicted octanol–water partition coefficient (Wildman–Crippen LogP) is 3.63. The molecule has 144 valence electrons. The molecule has 1 aliphatic heterocycles. The maximum absolute atomic E-state index is 10.9. The van der Waals surface area contributed by atoms with Crippen LogP contribution in [0.4, 0.5) is 11.5 Å². The van der Waals surface area contributed by atoms with E-state index < -0.39 is 4.92 Å². The zero-order chi connectivity index (χ0) is 19.2. The predicted molar refractivity (Wildman–Crippen MR) is 105 cm³/mol. The second-order valence-electron chi connectivity index (χ2n) is 7.06. The highest BCUT2D eigenvalue weighted by Crippen LogP contribution is 2.22. The van der Waals surface area contributed by atoms with E-state index in [-0.39, 0.29) is 5.69 Å². The van der Waals surface area contributed by atoms with Gasteiger partial charge in [-0.1, -0.05) is 12.1 Å². The van der Waals surface area contributed by atoms with E-state index in [0.717, 1.165) is 44.8 Å². The first-order valence-electron chi connectivity index (χ1n) is 9.25. The molecule has 1 saturated heterocycles. The fourth-order valence-electron chi connectivity index (χ4n) is 3.42. The summed E-state index contributed by atoms with van der Waals surface area (Å²) in [6.07, 6.45) is 3.60. The van der Waals surface area contributed by atoms with Crippen LogP contribution < -0.4 is 10.1 Å². The van der Waals surface area contributed by atoms with Crippen molar-refractivity contribution in [1.29, 1.82) is 0 Å². The summed E-state index contributed by atoms with van der Waals surface area (Å²) in [5.41, 5.74) is 2.00. The zero-order valence-electron chi connectivity index (χ0n) is 15.9. The lowest BCUT2D eigenvalue weighted by molar-refractivity contribution is -0.385. The maximum atomic E-state index is 10.9. The van der Waals surface area contributed by atoms with Crippen molar-refractivity contribution in [3.8, 4) is 5.75 Å². The molecular formula is C20H26N4O3. The zero-order valence-corrected chi connectivity index (χ0v) is 15.9. The summed E-state index contributed by atoms with van der Waals surface area (Å²) in [4.78, 5) is 17.1. The van der Waals surface area contributed by atoms with Crippen LogP contribution in [0.5, 0.6) is 5.75 Å². The summed E-state index contributed by atoms with van der Waals surface area (Å²) < 4.78 is 5.20. The Hall–Kier alpha value is -2.67. The first-order valence-corrected chi connectivity index (χ1v) is 9.25. The molecule has 27 heavy (non-hydrogen) atoms. The molecule has 0 saturated carbocycles. The Morgan fingerprint density at radius 3 is 2.59 bits per heavy atom. The number of pyridine rings is 1. The second kappa shape index (κ2) is 8.81. The molecule has 0 unspecified atom stereocenters. The Morgan fingerprint density at radius 2 is 2.00 bits per heavy atom. The highest BCUT2D eigenvalue weighted by molar-refractivity contribution is 5.46. The minimum Gasteiger partial charge on any atom is -0.497 e. The minimum atomic E-state index is -0.398. The van der Waals surface area contributed by atoms with E-state index in [9.17, 15) is 10.1 Å². The lowest BCUT2D eigenvalue weighted by Crippen LogP contribution is -2.35. The van der Waals surface area contributed by atoms with Gasteiger partial charge in [-0.25, -0.2) is 4.98 Å². The van der Waals surface area contributed by atoms with Gasteiger partial charge in [0.05, 0.1) is 12.0 Å². The average molecular weight is 370 g/mol. The lowest BCUT2D eigenvalue weighted by atomic mass is 9.96. The summed E-state index contributed by atoms with van der Waals surface area (Å²) >= 11 is 0. The molecule has 1 aromatic carbocycles. The highest BCUT2D eigenvalue weighted by Gasteiger charge is 2.19. The molecule has 2 aromatic rings. The number of ether oxygens (including phenoxy) is 1. The third-order valence-electron chi connectivity index (χ3n) is 5.12. The molecule has 3 rings (SSSR count). The molecule has 1 N–H and O–H groups in total. The van der Waals surface area contributed by atoms with Gasteiger partial charge in [-0.3, -0.25) is 15.0 Å². The number of aromatic nitrogens is 1. The number of aryl methyl sites for hydroxylation is 1. The Bertz CT molecular complexity index is 771. The number of anilines is 1. The van der Waals surface area contributed by atoms with E-state index >= 15 is 0 Å². The molecule has 0 amide bonds. The van der Waals surface area contributed by atoms with Crippen molar-refractivity contribution < 1.29 is 9.66 Å². The molecular weight excluding hydrogens is 344 g/mol. The van der Waals surface area contributed by atoms with E-state index in [1.165, 1.54) is 11.8 Å². The summed E-state index contributed by atoms with van der Waals surface area (Å²) in [7, 11) is 1.68. The van der Waals surface area contributed by atoms with Crippen LogP contribution in [0.15, 0.2) is 36.5 Å². The quantitative estimate of drug-likeness (QED) is 0.592. The molecule has 1 fully saturated rings. The van der Waals surface area contributed by atoms with Crippen molar-refractivity contribution >= 4 is 11.5 Å². The number of nitro groups is 1. The van der Waals surface area contributed by atoms with Crippen LogP contribution in [0, 0.1) is 23.0 Å². The van der Waals surface area contributed by atoms with Gasteiger partial charge in [0.25, 0.3) is 5.69 Å². The second-order valence-corrected chi connectivity index (χ2v) is 7.06. The Balaban J connectivity index is 1.44.